The number of pyridine rings is 1. The Morgan fingerprint density at radius 1 is 1.13 bits per heavy atom. The maximum absolute atomic E-state index is 12.3. The van der Waals surface area contributed by atoms with Crippen LogP contribution in [0.2, 0.25) is 0 Å². The van der Waals surface area contributed by atoms with Gasteiger partial charge in [-0.05, 0) is 49.1 Å². The van der Waals surface area contributed by atoms with Crippen LogP contribution in [0.4, 0.5) is 0 Å². The van der Waals surface area contributed by atoms with Gasteiger partial charge in [-0.15, -0.1) is 11.3 Å². The fraction of sp³-hybridized carbons (Fsp3) is 0.158. The van der Waals surface area contributed by atoms with E-state index in [1.165, 1.54) is 4.88 Å². The van der Waals surface area contributed by atoms with Gasteiger partial charge < -0.3 is 5.32 Å². The van der Waals surface area contributed by atoms with Crippen molar-refractivity contribution in [1.29, 1.82) is 0 Å². The van der Waals surface area contributed by atoms with E-state index in [-0.39, 0.29) is 5.91 Å². The Labute approximate surface area is 140 Å². The molecule has 0 saturated carbocycles. The van der Waals surface area contributed by atoms with E-state index in [4.69, 9.17) is 0 Å². The molecule has 23 heavy (non-hydrogen) atoms. The molecule has 116 valence electrons. The van der Waals surface area contributed by atoms with Gasteiger partial charge in [0.2, 0.25) is 0 Å². The van der Waals surface area contributed by atoms with Gasteiger partial charge in [-0.25, -0.2) is 0 Å². The molecule has 0 spiro atoms. The Morgan fingerprint density at radius 2 is 1.91 bits per heavy atom. The van der Waals surface area contributed by atoms with Crippen LogP contribution < -0.4 is 5.32 Å². The van der Waals surface area contributed by atoms with Gasteiger partial charge in [0, 0.05) is 34.9 Å². The summed E-state index contributed by atoms with van der Waals surface area (Å²) in [6.07, 6.45) is 3.64. The summed E-state index contributed by atoms with van der Waals surface area (Å²) in [5.74, 6) is -0.0571. The zero-order valence-electron chi connectivity index (χ0n) is 13.2. The largest absolute Gasteiger partial charge is 0.348 e. The first-order valence-corrected chi connectivity index (χ1v) is 8.34. The Hall–Kier alpha value is -2.46. The van der Waals surface area contributed by atoms with E-state index in [9.17, 15) is 4.79 Å². The van der Waals surface area contributed by atoms with Crippen molar-refractivity contribution in [2.45, 2.75) is 20.4 Å². The van der Waals surface area contributed by atoms with Gasteiger partial charge in [0.15, 0.2) is 0 Å². The molecular weight excluding hydrogens is 304 g/mol. The molecule has 1 N–H and O–H groups in total. The van der Waals surface area contributed by atoms with Crippen molar-refractivity contribution in [2.75, 3.05) is 0 Å². The number of carbonyl (C=O) groups excluding carboxylic acids is 1. The molecule has 3 rings (SSSR count). The maximum atomic E-state index is 12.3. The van der Waals surface area contributed by atoms with Crippen molar-refractivity contribution < 1.29 is 4.79 Å². The number of carbonyl (C=O) groups is 1. The van der Waals surface area contributed by atoms with E-state index in [1.807, 2.05) is 43.6 Å². The van der Waals surface area contributed by atoms with E-state index < -0.39 is 0 Å². The summed E-state index contributed by atoms with van der Waals surface area (Å²) in [6.45, 7) is 4.47. The summed E-state index contributed by atoms with van der Waals surface area (Å²) >= 11 is 1.68. The molecule has 0 unspecified atom stereocenters. The lowest BCUT2D eigenvalue weighted by Gasteiger charge is -2.08. The lowest BCUT2D eigenvalue weighted by molar-refractivity contribution is 0.0950. The van der Waals surface area contributed by atoms with E-state index in [1.54, 1.807) is 17.5 Å². The van der Waals surface area contributed by atoms with Crippen LogP contribution in [0, 0.1) is 13.8 Å². The molecule has 0 bridgehead atoms. The Morgan fingerprint density at radius 3 is 2.61 bits per heavy atom. The second-order valence-electron chi connectivity index (χ2n) is 5.62. The first-order chi connectivity index (χ1) is 11.1. The number of benzene rings is 1. The van der Waals surface area contributed by atoms with Gasteiger partial charge in [0.25, 0.3) is 5.91 Å². The van der Waals surface area contributed by atoms with Crippen molar-refractivity contribution in [3.05, 3.63) is 76.4 Å². The van der Waals surface area contributed by atoms with Gasteiger partial charge >= 0.3 is 0 Å². The molecule has 2 heterocycles. The van der Waals surface area contributed by atoms with Gasteiger partial charge in [0.1, 0.15) is 0 Å². The molecule has 0 fully saturated rings. The quantitative estimate of drug-likeness (QED) is 0.775. The van der Waals surface area contributed by atoms with Crippen LogP contribution in [0.1, 0.15) is 27.0 Å². The number of nitrogens with one attached hydrogen (secondary N) is 1. The highest BCUT2D eigenvalue weighted by Crippen LogP contribution is 2.24. The van der Waals surface area contributed by atoms with Crippen LogP contribution >= 0.6 is 11.3 Å². The number of rotatable bonds is 4. The van der Waals surface area contributed by atoms with Crippen molar-refractivity contribution in [3.63, 3.8) is 0 Å². The molecule has 2 aromatic heterocycles. The highest BCUT2D eigenvalue weighted by atomic mass is 32.1. The molecule has 4 heteroatoms. The van der Waals surface area contributed by atoms with Crippen LogP contribution in [0.15, 0.2) is 54.2 Å². The Kier molecular flexibility index (Phi) is 4.53. The van der Waals surface area contributed by atoms with Crippen LogP contribution in [-0.4, -0.2) is 10.9 Å². The lowest BCUT2D eigenvalue weighted by Crippen LogP contribution is -2.23. The second-order valence-corrected chi connectivity index (χ2v) is 6.57. The number of nitrogens with zero attached hydrogens (tertiary/aromatic N) is 1. The van der Waals surface area contributed by atoms with E-state index in [0.717, 1.165) is 22.3 Å². The normalized spacial score (nSPS) is 10.5. The van der Waals surface area contributed by atoms with Crippen LogP contribution in [0.5, 0.6) is 0 Å². The third kappa shape index (κ3) is 3.85. The molecule has 0 atom stereocenters. The highest BCUT2D eigenvalue weighted by molar-refractivity contribution is 7.13. The van der Waals surface area contributed by atoms with E-state index in [0.29, 0.717) is 12.1 Å². The third-order valence-corrected chi connectivity index (χ3v) is 4.46. The topological polar surface area (TPSA) is 42.0 Å². The SMILES string of the molecule is Cc1cc(C)cc(C(=O)NCc2cncc(-c3cccs3)c2)c1. The average Bonchev–Trinajstić information content (AvgIpc) is 3.06. The molecule has 0 aliphatic heterocycles. The highest BCUT2D eigenvalue weighted by Gasteiger charge is 2.07. The Bertz CT molecular complexity index is 805. The number of hydrogen-bond acceptors (Lipinski definition) is 3. The number of aromatic nitrogens is 1. The van der Waals surface area contributed by atoms with Gasteiger partial charge in [-0.3, -0.25) is 9.78 Å². The van der Waals surface area contributed by atoms with Gasteiger partial charge in [-0.2, -0.15) is 0 Å². The predicted molar refractivity (Wildman–Crippen MR) is 94.6 cm³/mol. The molecule has 3 nitrogen and oxygen atoms in total. The van der Waals surface area contributed by atoms with Crippen molar-refractivity contribution in [1.82, 2.24) is 10.3 Å². The van der Waals surface area contributed by atoms with Gasteiger partial charge in [0.05, 0.1) is 0 Å². The maximum Gasteiger partial charge on any atom is 0.251 e. The molecule has 1 amide bonds. The molecule has 0 aliphatic carbocycles. The molecular formula is C19H18N2OS. The summed E-state index contributed by atoms with van der Waals surface area (Å²) in [6, 6.07) is 12.0. The monoisotopic (exact) mass is 322 g/mol. The minimum atomic E-state index is -0.0571. The summed E-state index contributed by atoms with van der Waals surface area (Å²) in [5.41, 5.74) is 4.96. The predicted octanol–water partition coefficient (Wildman–Crippen LogP) is 4.36. The van der Waals surface area contributed by atoms with Crippen molar-refractivity contribution in [3.8, 4) is 10.4 Å². The number of aryl methyl sites for hydroxylation is 2. The van der Waals surface area contributed by atoms with Crippen LogP contribution in [0.3, 0.4) is 0 Å². The standard InChI is InChI=1S/C19H18N2OS/c1-13-6-14(2)8-16(7-13)19(22)21-11-15-9-17(12-20-10-15)18-4-3-5-23-18/h3-10,12H,11H2,1-2H3,(H,21,22). The Balaban J connectivity index is 1.71. The zero-order valence-corrected chi connectivity index (χ0v) is 14.0. The van der Waals surface area contributed by atoms with Crippen molar-refractivity contribution in [2.24, 2.45) is 0 Å². The van der Waals surface area contributed by atoms with Crippen molar-refractivity contribution >= 4 is 17.2 Å². The summed E-state index contributed by atoms with van der Waals surface area (Å²) in [4.78, 5) is 17.8. The molecule has 0 radical (unpaired) electrons. The average molecular weight is 322 g/mol. The fourth-order valence-electron chi connectivity index (χ4n) is 2.55. The second kappa shape index (κ2) is 6.75. The number of hydrogen-bond donors (Lipinski definition) is 1. The summed E-state index contributed by atoms with van der Waals surface area (Å²) in [5, 5.41) is 5.01. The van der Waals surface area contributed by atoms with Gasteiger partial charge in [-0.1, -0.05) is 23.3 Å². The van der Waals surface area contributed by atoms with Crippen LogP contribution in [-0.2, 0) is 6.54 Å². The molecule has 0 aliphatic rings. The smallest absolute Gasteiger partial charge is 0.251 e. The summed E-state index contributed by atoms with van der Waals surface area (Å²) < 4.78 is 0. The van der Waals surface area contributed by atoms with E-state index >= 15 is 0 Å². The van der Waals surface area contributed by atoms with Crippen LogP contribution in [0.25, 0.3) is 10.4 Å². The molecule has 0 saturated heterocycles. The zero-order chi connectivity index (χ0) is 16.2. The number of thiophene rings is 1. The minimum absolute atomic E-state index is 0.0571. The first kappa shape index (κ1) is 15.4. The first-order valence-electron chi connectivity index (χ1n) is 7.46. The fourth-order valence-corrected chi connectivity index (χ4v) is 3.26. The minimum Gasteiger partial charge on any atom is -0.348 e. The lowest BCUT2D eigenvalue weighted by atomic mass is 10.1. The third-order valence-electron chi connectivity index (χ3n) is 3.54. The molecule has 3 aromatic rings. The van der Waals surface area contributed by atoms with E-state index in [2.05, 4.69) is 28.5 Å². The number of amides is 1. The summed E-state index contributed by atoms with van der Waals surface area (Å²) in [7, 11) is 0. The molecule has 1 aromatic carbocycles.